The average Bonchev–Trinajstić information content (AvgIpc) is 2.50. The van der Waals surface area contributed by atoms with Crippen molar-refractivity contribution in [1.82, 2.24) is 5.32 Å². The van der Waals surface area contributed by atoms with E-state index in [1.165, 1.54) is 30.7 Å². The van der Waals surface area contributed by atoms with Gasteiger partial charge in [-0.25, -0.2) is 4.39 Å². The summed E-state index contributed by atoms with van der Waals surface area (Å²) in [5, 5.41) is 3.06. The molecule has 0 heterocycles. The van der Waals surface area contributed by atoms with Crippen LogP contribution in [0.2, 0.25) is 0 Å². The minimum Gasteiger partial charge on any atom is -0.353 e. The molecule has 0 bridgehead atoms. The van der Waals surface area contributed by atoms with Gasteiger partial charge < -0.3 is 5.32 Å². The van der Waals surface area contributed by atoms with Crippen LogP contribution in [0.1, 0.15) is 56.3 Å². The highest BCUT2D eigenvalue weighted by Gasteiger charge is 2.28. The van der Waals surface area contributed by atoms with Crippen LogP contribution in [0.3, 0.4) is 0 Å². The van der Waals surface area contributed by atoms with Crippen molar-refractivity contribution < 1.29 is 14.0 Å². The third-order valence-electron chi connectivity index (χ3n) is 4.80. The number of carbonyl (C=O) groups excluding carboxylic acids is 2. The van der Waals surface area contributed by atoms with E-state index in [0.29, 0.717) is 17.4 Å². The fourth-order valence-corrected chi connectivity index (χ4v) is 3.07. The van der Waals surface area contributed by atoms with E-state index in [2.05, 4.69) is 19.2 Å². The lowest BCUT2D eigenvalue weighted by Crippen LogP contribution is -2.43. The maximum absolute atomic E-state index is 12.8. The van der Waals surface area contributed by atoms with E-state index in [9.17, 15) is 14.0 Å². The van der Waals surface area contributed by atoms with Gasteiger partial charge in [0.15, 0.2) is 5.78 Å². The molecule has 1 aliphatic carbocycles. The number of Topliss-reactive ketones (excluding diaryl/α,β-unsaturated/α-hetero) is 1. The van der Waals surface area contributed by atoms with Crippen molar-refractivity contribution in [3.63, 3.8) is 0 Å². The Kier molecular flexibility index (Phi) is 5.69. The molecule has 1 aliphatic rings. The first-order chi connectivity index (χ1) is 10.5. The van der Waals surface area contributed by atoms with E-state index >= 15 is 0 Å². The second-order valence-electron chi connectivity index (χ2n) is 6.37. The number of ketones is 1. The number of hydrogen-bond acceptors (Lipinski definition) is 2. The Morgan fingerprint density at radius 1 is 1.14 bits per heavy atom. The molecule has 1 saturated carbocycles. The lowest BCUT2D eigenvalue weighted by Gasteiger charge is -2.34. The summed E-state index contributed by atoms with van der Waals surface area (Å²) in [5.41, 5.74) is 0.453. The molecular formula is C18H24FNO2. The zero-order valence-electron chi connectivity index (χ0n) is 13.3. The maximum Gasteiger partial charge on any atom is 0.220 e. The fourth-order valence-electron chi connectivity index (χ4n) is 3.07. The van der Waals surface area contributed by atoms with Gasteiger partial charge in [-0.3, -0.25) is 9.59 Å². The summed E-state index contributed by atoms with van der Waals surface area (Å²) in [6.45, 7) is 4.40. The van der Waals surface area contributed by atoms with Crippen LogP contribution in [-0.2, 0) is 4.79 Å². The molecule has 0 aliphatic heterocycles. The van der Waals surface area contributed by atoms with Gasteiger partial charge in [0.1, 0.15) is 5.82 Å². The quantitative estimate of drug-likeness (QED) is 0.843. The molecule has 0 saturated heterocycles. The molecule has 3 nitrogen and oxygen atoms in total. The third-order valence-corrected chi connectivity index (χ3v) is 4.80. The van der Waals surface area contributed by atoms with Crippen molar-refractivity contribution in [3.05, 3.63) is 35.6 Å². The minimum absolute atomic E-state index is 0.0681. The largest absolute Gasteiger partial charge is 0.353 e. The summed E-state index contributed by atoms with van der Waals surface area (Å²) in [6.07, 6.45) is 3.73. The predicted octanol–water partition coefficient (Wildman–Crippen LogP) is 3.73. The van der Waals surface area contributed by atoms with Crippen molar-refractivity contribution in [1.29, 1.82) is 0 Å². The van der Waals surface area contributed by atoms with Crippen molar-refractivity contribution in [2.45, 2.75) is 52.0 Å². The van der Waals surface area contributed by atoms with Gasteiger partial charge in [0.25, 0.3) is 0 Å². The van der Waals surface area contributed by atoms with E-state index < -0.39 is 0 Å². The number of nitrogens with one attached hydrogen (secondary N) is 1. The number of carbonyl (C=O) groups is 2. The molecule has 0 aromatic heterocycles. The second kappa shape index (κ2) is 7.52. The molecule has 1 aromatic rings. The molecule has 1 amide bonds. The van der Waals surface area contributed by atoms with Crippen molar-refractivity contribution >= 4 is 11.7 Å². The molecule has 1 aromatic carbocycles. The summed E-state index contributed by atoms with van der Waals surface area (Å²) in [4.78, 5) is 24.0. The number of rotatable bonds is 5. The topological polar surface area (TPSA) is 46.2 Å². The Hall–Kier alpha value is -1.71. The molecule has 0 unspecified atom stereocenters. The van der Waals surface area contributed by atoms with Crippen LogP contribution in [-0.4, -0.2) is 17.7 Å². The fraction of sp³-hybridized carbons (Fsp3) is 0.556. The van der Waals surface area contributed by atoms with Gasteiger partial charge >= 0.3 is 0 Å². The number of amides is 1. The van der Waals surface area contributed by atoms with Crippen LogP contribution in [0.4, 0.5) is 4.39 Å². The Labute approximate surface area is 131 Å². The smallest absolute Gasteiger partial charge is 0.220 e. The first-order valence-electron chi connectivity index (χ1n) is 8.05. The minimum atomic E-state index is -0.366. The van der Waals surface area contributed by atoms with Crippen LogP contribution < -0.4 is 5.32 Å². The highest BCUT2D eigenvalue weighted by atomic mass is 19.1. The average molecular weight is 305 g/mol. The Morgan fingerprint density at radius 2 is 1.82 bits per heavy atom. The Balaban J connectivity index is 1.80. The zero-order chi connectivity index (χ0) is 16.1. The standard InChI is InChI=1S/C18H24FNO2/c1-12-4-3-5-16(13(12)2)20-18(22)11-10-17(21)14-6-8-15(19)9-7-14/h6-9,12-13,16H,3-5,10-11H2,1-2H3,(H,20,22)/t12-,13+,16+/m0/s1. The van der Waals surface area contributed by atoms with Gasteiger partial charge in [-0.2, -0.15) is 0 Å². The van der Waals surface area contributed by atoms with Gasteiger partial charge in [-0.05, 0) is 42.5 Å². The van der Waals surface area contributed by atoms with Crippen molar-refractivity contribution in [3.8, 4) is 0 Å². The molecule has 1 N–H and O–H groups in total. The van der Waals surface area contributed by atoms with E-state index in [-0.39, 0.29) is 36.4 Å². The molecule has 2 rings (SSSR count). The number of benzene rings is 1. The number of hydrogen-bond donors (Lipinski definition) is 1. The summed E-state index contributed by atoms with van der Waals surface area (Å²) in [7, 11) is 0. The van der Waals surface area contributed by atoms with Gasteiger partial charge in [0.2, 0.25) is 5.91 Å². The van der Waals surface area contributed by atoms with E-state index in [4.69, 9.17) is 0 Å². The van der Waals surface area contributed by atoms with Crippen LogP contribution in [0.25, 0.3) is 0 Å². The van der Waals surface area contributed by atoms with E-state index in [1.54, 1.807) is 0 Å². The molecule has 1 fully saturated rings. The van der Waals surface area contributed by atoms with Crippen LogP contribution in [0.5, 0.6) is 0 Å². The SMILES string of the molecule is C[C@@H]1[C@@H](C)CCC[C@H]1NC(=O)CCC(=O)c1ccc(F)cc1. The molecule has 4 heteroatoms. The Bertz CT molecular complexity index is 526. The molecule has 0 radical (unpaired) electrons. The summed E-state index contributed by atoms with van der Waals surface area (Å²) in [6, 6.07) is 5.66. The molecule has 0 spiro atoms. The lowest BCUT2D eigenvalue weighted by atomic mass is 9.78. The highest BCUT2D eigenvalue weighted by molar-refractivity contribution is 5.97. The third kappa shape index (κ3) is 4.39. The summed E-state index contributed by atoms with van der Waals surface area (Å²) < 4.78 is 12.8. The van der Waals surface area contributed by atoms with Gasteiger partial charge in [0, 0.05) is 24.4 Å². The second-order valence-corrected chi connectivity index (χ2v) is 6.37. The van der Waals surface area contributed by atoms with E-state index in [1.807, 2.05) is 0 Å². The zero-order valence-corrected chi connectivity index (χ0v) is 13.3. The predicted molar refractivity (Wildman–Crippen MR) is 84.1 cm³/mol. The van der Waals surface area contributed by atoms with Gasteiger partial charge in [0.05, 0.1) is 0 Å². The van der Waals surface area contributed by atoms with Crippen LogP contribution in [0, 0.1) is 17.7 Å². The molecular weight excluding hydrogens is 281 g/mol. The summed E-state index contributed by atoms with van der Waals surface area (Å²) >= 11 is 0. The number of halogens is 1. The maximum atomic E-state index is 12.8. The first kappa shape index (κ1) is 16.7. The van der Waals surface area contributed by atoms with Crippen molar-refractivity contribution in [2.24, 2.45) is 11.8 Å². The Morgan fingerprint density at radius 3 is 2.50 bits per heavy atom. The first-order valence-corrected chi connectivity index (χ1v) is 8.05. The van der Waals surface area contributed by atoms with Crippen LogP contribution >= 0.6 is 0 Å². The molecule has 22 heavy (non-hydrogen) atoms. The normalized spacial score (nSPS) is 24.8. The lowest BCUT2D eigenvalue weighted by molar-refractivity contribution is -0.122. The molecule has 120 valence electrons. The van der Waals surface area contributed by atoms with Crippen molar-refractivity contribution in [2.75, 3.05) is 0 Å². The monoisotopic (exact) mass is 305 g/mol. The molecule has 3 atom stereocenters. The van der Waals surface area contributed by atoms with E-state index in [0.717, 1.165) is 12.8 Å². The van der Waals surface area contributed by atoms with Gasteiger partial charge in [-0.1, -0.05) is 26.7 Å². The highest BCUT2D eigenvalue weighted by Crippen LogP contribution is 2.29. The van der Waals surface area contributed by atoms with Crippen LogP contribution in [0.15, 0.2) is 24.3 Å². The van der Waals surface area contributed by atoms with Gasteiger partial charge in [-0.15, -0.1) is 0 Å². The summed E-state index contributed by atoms with van der Waals surface area (Å²) in [5.74, 6) is 0.543.